The van der Waals surface area contributed by atoms with E-state index in [9.17, 15) is 4.79 Å². The van der Waals surface area contributed by atoms with E-state index in [1.807, 2.05) is 18.2 Å². The van der Waals surface area contributed by atoms with Crippen molar-refractivity contribution in [3.63, 3.8) is 0 Å². The van der Waals surface area contributed by atoms with Gasteiger partial charge in [-0.25, -0.2) is 4.98 Å². The number of hydrogen-bond acceptors (Lipinski definition) is 3. The summed E-state index contributed by atoms with van der Waals surface area (Å²) in [7, 11) is 0. The number of pyridine rings is 1. The number of nitrogens with one attached hydrogen (secondary N) is 1. The van der Waals surface area contributed by atoms with Crippen LogP contribution in [0.3, 0.4) is 0 Å². The molecule has 0 aliphatic rings. The zero-order chi connectivity index (χ0) is 21.0. The van der Waals surface area contributed by atoms with Crippen LogP contribution in [-0.4, -0.2) is 27.0 Å². The summed E-state index contributed by atoms with van der Waals surface area (Å²) in [5.41, 5.74) is 3.88. The molecule has 0 atom stereocenters. The fourth-order valence-electron chi connectivity index (χ4n) is 3.98. The Morgan fingerprint density at radius 1 is 0.903 bits per heavy atom. The Balaban J connectivity index is 1.42. The second-order valence-electron chi connectivity index (χ2n) is 7.49. The number of para-hydroxylation sites is 2. The molecule has 5 heteroatoms. The summed E-state index contributed by atoms with van der Waals surface area (Å²) in [6, 6.07) is 26.6. The van der Waals surface area contributed by atoms with Crippen LogP contribution in [-0.2, 0) is 13.0 Å². The predicted molar refractivity (Wildman–Crippen MR) is 123 cm³/mol. The van der Waals surface area contributed by atoms with Crippen LogP contribution >= 0.6 is 0 Å². The largest absolute Gasteiger partial charge is 0.352 e. The standard InChI is InChI=1S/C26H22N4O/c31-26(20-10-6-15-27-17-20)28-16-14-25-29-23-12-3-4-13-24(23)30(25)18-21-9-5-8-19-7-1-2-11-22(19)21/h1-13,15,17H,14,16,18H2,(H,28,31). The molecule has 0 bridgehead atoms. The molecular weight excluding hydrogens is 384 g/mol. The van der Waals surface area contributed by atoms with Crippen molar-refractivity contribution in [2.24, 2.45) is 0 Å². The summed E-state index contributed by atoms with van der Waals surface area (Å²) < 4.78 is 2.26. The van der Waals surface area contributed by atoms with E-state index >= 15 is 0 Å². The second-order valence-corrected chi connectivity index (χ2v) is 7.49. The molecule has 0 fully saturated rings. The molecule has 152 valence electrons. The van der Waals surface area contributed by atoms with Gasteiger partial charge in [0.25, 0.3) is 5.91 Å². The summed E-state index contributed by atoms with van der Waals surface area (Å²) in [5.74, 6) is 0.838. The Morgan fingerprint density at radius 3 is 2.65 bits per heavy atom. The third kappa shape index (κ3) is 3.90. The number of benzene rings is 3. The number of imidazole rings is 1. The maximum atomic E-state index is 12.4. The van der Waals surface area contributed by atoms with Gasteiger partial charge in [-0.15, -0.1) is 0 Å². The van der Waals surface area contributed by atoms with Crippen LogP contribution in [0.25, 0.3) is 21.8 Å². The van der Waals surface area contributed by atoms with Gasteiger partial charge in [0.2, 0.25) is 0 Å². The maximum Gasteiger partial charge on any atom is 0.252 e. The minimum absolute atomic E-state index is 0.121. The zero-order valence-corrected chi connectivity index (χ0v) is 17.0. The van der Waals surface area contributed by atoms with Gasteiger partial charge in [0.1, 0.15) is 5.82 Å². The van der Waals surface area contributed by atoms with Crippen LogP contribution in [0.5, 0.6) is 0 Å². The van der Waals surface area contributed by atoms with Gasteiger partial charge in [-0.3, -0.25) is 9.78 Å². The number of rotatable bonds is 6. The number of aromatic nitrogens is 3. The quantitative estimate of drug-likeness (QED) is 0.448. The fourth-order valence-corrected chi connectivity index (χ4v) is 3.98. The molecule has 0 aliphatic carbocycles. The van der Waals surface area contributed by atoms with E-state index in [4.69, 9.17) is 4.98 Å². The summed E-state index contributed by atoms with van der Waals surface area (Å²) in [4.78, 5) is 21.2. The Labute approximate surface area is 180 Å². The fraction of sp³-hybridized carbons (Fsp3) is 0.115. The van der Waals surface area contributed by atoms with Crippen LogP contribution in [0.1, 0.15) is 21.7 Å². The highest BCUT2D eigenvalue weighted by molar-refractivity contribution is 5.93. The van der Waals surface area contributed by atoms with Gasteiger partial charge in [-0.1, -0.05) is 54.6 Å². The van der Waals surface area contributed by atoms with Crippen LogP contribution in [0.4, 0.5) is 0 Å². The molecule has 5 aromatic rings. The maximum absolute atomic E-state index is 12.4. The van der Waals surface area contributed by atoms with E-state index in [0.717, 1.165) is 23.4 Å². The molecule has 31 heavy (non-hydrogen) atoms. The van der Waals surface area contributed by atoms with E-state index in [1.165, 1.54) is 16.3 Å². The van der Waals surface area contributed by atoms with Crippen molar-refractivity contribution in [1.29, 1.82) is 0 Å². The molecule has 1 N–H and O–H groups in total. The monoisotopic (exact) mass is 406 g/mol. The van der Waals surface area contributed by atoms with Gasteiger partial charge in [0.15, 0.2) is 0 Å². The third-order valence-electron chi connectivity index (χ3n) is 5.50. The van der Waals surface area contributed by atoms with Crippen LogP contribution in [0.15, 0.2) is 91.3 Å². The second kappa shape index (κ2) is 8.40. The number of nitrogens with zero attached hydrogens (tertiary/aromatic N) is 3. The van der Waals surface area contributed by atoms with Crippen molar-refractivity contribution in [2.45, 2.75) is 13.0 Å². The van der Waals surface area contributed by atoms with Crippen molar-refractivity contribution in [1.82, 2.24) is 19.9 Å². The zero-order valence-electron chi connectivity index (χ0n) is 17.0. The SMILES string of the molecule is O=C(NCCc1nc2ccccc2n1Cc1cccc2ccccc12)c1cccnc1. The smallest absolute Gasteiger partial charge is 0.252 e. The van der Waals surface area contributed by atoms with E-state index in [0.29, 0.717) is 18.5 Å². The van der Waals surface area contributed by atoms with Gasteiger partial charge >= 0.3 is 0 Å². The van der Waals surface area contributed by atoms with E-state index in [1.54, 1.807) is 24.5 Å². The molecule has 0 saturated heterocycles. The first-order valence-electron chi connectivity index (χ1n) is 10.4. The van der Waals surface area contributed by atoms with Crippen molar-refractivity contribution < 1.29 is 4.79 Å². The summed E-state index contributed by atoms with van der Waals surface area (Å²) in [5, 5.41) is 5.46. The van der Waals surface area contributed by atoms with Crippen molar-refractivity contribution in [3.05, 3.63) is 108 Å². The first kappa shape index (κ1) is 19.0. The molecule has 2 aromatic heterocycles. The van der Waals surface area contributed by atoms with Crippen LogP contribution in [0.2, 0.25) is 0 Å². The van der Waals surface area contributed by atoms with Gasteiger partial charge in [0.05, 0.1) is 16.6 Å². The van der Waals surface area contributed by atoms with Crippen LogP contribution in [0, 0.1) is 0 Å². The lowest BCUT2D eigenvalue weighted by atomic mass is 10.0. The van der Waals surface area contributed by atoms with Gasteiger partial charge in [-0.2, -0.15) is 0 Å². The highest BCUT2D eigenvalue weighted by Gasteiger charge is 2.13. The molecule has 1 amide bonds. The molecule has 3 aromatic carbocycles. The first-order valence-corrected chi connectivity index (χ1v) is 10.4. The Morgan fingerprint density at radius 2 is 1.74 bits per heavy atom. The lowest BCUT2D eigenvalue weighted by Gasteiger charge is -2.12. The highest BCUT2D eigenvalue weighted by atomic mass is 16.1. The van der Waals surface area contributed by atoms with Gasteiger partial charge in [0, 0.05) is 31.9 Å². The van der Waals surface area contributed by atoms with E-state index < -0.39 is 0 Å². The molecule has 0 aliphatic heterocycles. The number of fused-ring (bicyclic) bond motifs is 2. The molecule has 0 radical (unpaired) electrons. The lowest BCUT2D eigenvalue weighted by molar-refractivity contribution is 0.0953. The summed E-state index contributed by atoms with van der Waals surface area (Å²) in [6.07, 6.45) is 3.88. The van der Waals surface area contributed by atoms with Crippen molar-refractivity contribution in [2.75, 3.05) is 6.54 Å². The Hall–Kier alpha value is -3.99. The molecular formula is C26H22N4O. The third-order valence-corrected chi connectivity index (χ3v) is 5.50. The minimum atomic E-state index is -0.121. The van der Waals surface area contributed by atoms with Crippen molar-refractivity contribution >= 4 is 27.7 Å². The molecule has 0 saturated carbocycles. The predicted octanol–water partition coefficient (Wildman–Crippen LogP) is 4.61. The normalized spacial score (nSPS) is 11.1. The molecule has 0 spiro atoms. The number of carbonyl (C=O) groups is 1. The van der Waals surface area contributed by atoms with E-state index in [2.05, 4.69) is 63.4 Å². The number of hydrogen-bond donors (Lipinski definition) is 1. The topological polar surface area (TPSA) is 59.8 Å². The Bertz CT molecular complexity index is 1350. The molecule has 5 nitrogen and oxygen atoms in total. The summed E-state index contributed by atoms with van der Waals surface area (Å²) in [6.45, 7) is 1.24. The molecule has 0 unspecified atom stereocenters. The average Bonchev–Trinajstić information content (AvgIpc) is 3.17. The first-order chi connectivity index (χ1) is 15.3. The summed E-state index contributed by atoms with van der Waals surface area (Å²) >= 11 is 0. The average molecular weight is 406 g/mol. The number of carbonyl (C=O) groups excluding carboxylic acids is 1. The van der Waals surface area contributed by atoms with Gasteiger partial charge < -0.3 is 9.88 Å². The highest BCUT2D eigenvalue weighted by Crippen LogP contribution is 2.23. The van der Waals surface area contributed by atoms with Crippen LogP contribution < -0.4 is 5.32 Å². The van der Waals surface area contributed by atoms with Gasteiger partial charge in [-0.05, 0) is 40.6 Å². The minimum Gasteiger partial charge on any atom is -0.352 e. The number of amides is 1. The lowest BCUT2D eigenvalue weighted by Crippen LogP contribution is -2.26. The Kier molecular flexibility index (Phi) is 5.15. The van der Waals surface area contributed by atoms with E-state index in [-0.39, 0.29) is 5.91 Å². The molecule has 2 heterocycles. The van der Waals surface area contributed by atoms with Crippen molar-refractivity contribution in [3.8, 4) is 0 Å². The molecule has 5 rings (SSSR count).